The predicted octanol–water partition coefficient (Wildman–Crippen LogP) is 3.71. The third-order valence-corrected chi connectivity index (χ3v) is 7.98. The molecule has 0 unspecified atom stereocenters. The molecular weight excluding hydrogens is 533 g/mol. The summed E-state index contributed by atoms with van der Waals surface area (Å²) in [6, 6.07) is 15.4. The van der Waals surface area contributed by atoms with Gasteiger partial charge in [-0.15, -0.1) is 21.5 Å². The minimum atomic E-state index is -3.77. The largest absolute Gasteiger partial charge is 0.325 e. The highest BCUT2D eigenvalue weighted by Crippen LogP contribution is 2.27. The Labute approximate surface area is 220 Å². The van der Waals surface area contributed by atoms with Crippen molar-refractivity contribution in [3.63, 3.8) is 0 Å². The van der Waals surface area contributed by atoms with Crippen LogP contribution in [0.15, 0.2) is 94.8 Å². The molecule has 0 radical (unpaired) electrons. The van der Waals surface area contributed by atoms with E-state index in [1.807, 2.05) is 34.9 Å². The molecule has 0 aliphatic rings. The van der Waals surface area contributed by atoms with Gasteiger partial charge in [-0.05, 0) is 36.4 Å². The molecule has 0 bridgehead atoms. The summed E-state index contributed by atoms with van der Waals surface area (Å²) < 4.78 is 29.2. The lowest BCUT2D eigenvalue weighted by molar-refractivity contribution is -0.113. The smallest absolute Gasteiger partial charge is 0.263 e. The fourth-order valence-electron chi connectivity index (χ4n) is 3.25. The first-order valence-corrected chi connectivity index (χ1v) is 14.1. The highest BCUT2D eigenvalue weighted by molar-refractivity contribution is 7.99. The van der Waals surface area contributed by atoms with E-state index < -0.39 is 10.0 Å². The third kappa shape index (κ3) is 5.82. The van der Waals surface area contributed by atoms with E-state index in [4.69, 9.17) is 0 Å². The van der Waals surface area contributed by atoms with Crippen LogP contribution in [0, 0.1) is 0 Å². The Bertz CT molecular complexity index is 1590. The van der Waals surface area contributed by atoms with E-state index in [1.54, 1.807) is 24.0 Å². The maximum Gasteiger partial charge on any atom is 0.263 e. The standard InChI is InChI=1S/C23H18N8O3S3/c32-20(27-16-6-8-18(9-7-16)37(33,34)30-22-26-12-13-35-22)15-36-23-29-28-21(19-14-24-10-11-25-19)31(23)17-4-2-1-3-5-17/h1-14H,15H2,(H,26,30)(H,27,32). The summed E-state index contributed by atoms with van der Waals surface area (Å²) >= 11 is 2.39. The third-order valence-electron chi connectivity index (χ3n) is 4.87. The van der Waals surface area contributed by atoms with Gasteiger partial charge in [-0.3, -0.25) is 19.1 Å². The van der Waals surface area contributed by atoms with Gasteiger partial charge >= 0.3 is 0 Å². The molecule has 11 nitrogen and oxygen atoms in total. The van der Waals surface area contributed by atoms with Crippen LogP contribution in [0.2, 0.25) is 0 Å². The molecule has 0 atom stereocenters. The van der Waals surface area contributed by atoms with Crippen LogP contribution in [-0.2, 0) is 14.8 Å². The van der Waals surface area contributed by atoms with Gasteiger partial charge in [0.05, 0.1) is 16.8 Å². The van der Waals surface area contributed by atoms with Crippen molar-refractivity contribution in [1.29, 1.82) is 0 Å². The molecule has 0 spiro atoms. The molecular formula is C23H18N8O3S3. The molecule has 5 aromatic rings. The number of sulfonamides is 1. The van der Waals surface area contributed by atoms with Crippen LogP contribution in [0.25, 0.3) is 17.2 Å². The van der Waals surface area contributed by atoms with Gasteiger partial charge in [-0.1, -0.05) is 30.0 Å². The van der Waals surface area contributed by atoms with Crippen LogP contribution in [0.3, 0.4) is 0 Å². The van der Waals surface area contributed by atoms with Crippen LogP contribution in [0.4, 0.5) is 10.8 Å². The van der Waals surface area contributed by atoms with Crippen molar-refractivity contribution in [3.05, 3.63) is 84.8 Å². The molecule has 0 saturated heterocycles. The number of para-hydroxylation sites is 1. The summed E-state index contributed by atoms with van der Waals surface area (Å²) in [7, 11) is -3.77. The van der Waals surface area contributed by atoms with Crippen molar-refractivity contribution >= 4 is 49.8 Å². The van der Waals surface area contributed by atoms with Crippen molar-refractivity contribution in [1.82, 2.24) is 29.7 Å². The zero-order chi connectivity index (χ0) is 25.7. The lowest BCUT2D eigenvalue weighted by atomic mass is 10.3. The first-order chi connectivity index (χ1) is 18.0. The number of thioether (sulfide) groups is 1. The minimum absolute atomic E-state index is 0.0527. The van der Waals surface area contributed by atoms with E-state index in [-0.39, 0.29) is 21.7 Å². The Morgan fingerprint density at radius 1 is 0.973 bits per heavy atom. The first-order valence-electron chi connectivity index (χ1n) is 10.7. The molecule has 5 rings (SSSR count). The molecule has 3 aromatic heterocycles. The number of nitrogens with zero attached hydrogens (tertiary/aromatic N) is 6. The monoisotopic (exact) mass is 550 g/mol. The predicted molar refractivity (Wildman–Crippen MR) is 141 cm³/mol. The number of nitrogens with one attached hydrogen (secondary N) is 2. The number of thiazole rings is 1. The maximum atomic E-state index is 12.7. The second-order valence-electron chi connectivity index (χ2n) is 7.37. The fourth-order valence-corrected chi connectivity index (χ4v) is 5.79. The van der Waals surface area contributed by atoms with Crippen molar-refractivity contribution in [2.24, 2.45) is 0 Å². The van der Waals surface area contributed by atoms with Gasteiger partial charge < -0.3 is 5.32 Å². The number of benzene rings is 2. The molecule has 3 heterocycles. The van der Waals surface area contributed by atoms with Crippen LogP contribution < -0.4 is 10.0 Å². The van der Waals surface area contributed by atoms with Gasteiger partial charge in [0.15, 0.2) is 16.1 Å². The second kappa shape index (κ2) is 10.9. The summed E-state index contributed by atoms with van der Waals surface area (Å²) in [6.45, 7) is 0. The molecule has 186 valence electrons. The quantitative estimate of drug-likeness (QED) is 0.262. The van der Waals surface area contributed by atoms with Crippen molar-refractivity contribution in [2.75, 3.05) is 15.8 Å². The van der Waals surface area contributed by atoms with Gasteiger partial charge in [0.2, 0.25) is 5.91 Å². The Kier molecular flexibility index (Phi) is 7.20. The number of hydrogen-bond acceptors (Lipinski definition) is 10. The summed E-state index contributed by atoms with van der Waals surface area (Å²) in [4.78, 5) is 25.1. The van der Waals surface area contributed by atoms with E-state index in [0.29, 0.717) is 22.4 Å². The molecule has 37 heavy (non-hydrogen) atoms. The van der Waals surface area contributed by atoms with E-state index in [9.17, 15) is 13.2 Å². The lowest BCUT2D eigenvalue weighted by Crippen LogP contribution is -2.15. The lowest BCUT2D eigenvalue weighted by Gasteiger charge is -2.10. The Morgan fingerprint density at radius 2 is 1.78 bits per heavy atom. The SMILES string of the molecule is O=C(CSc1nnc(-c2cnccn2)n1-c1ccccc1)Nc1ccc(S(=O)(=O)Nc2nccs2)cc1. The van der Waals surface area contributed by atoms with Gasteiger partial charge in [0, 0.05) is 35.3 Å². The van der Waals surface area contributed by atoms with E-state index in [1.165, 1.54) is 53.6 Å². The zero-order valence-corrected chi connectivity index (χ0v) is 21.4. The summed E-state index contributed by atoms with van der Waals surface area (Å²) in [5.41, 5.74) is 1.83. The number of rotatable bonds is 9. The summed E-state index contributed by atoms with van der Waals surface area (Å²) in [5, 5.41) is 13.8. The topological polar surface area (TPSA) is 145 Å². The van der Waals surface area contributed by atoms with Gasteiger partial charge in [-0.2, -0.15) is 0 Å². The molecule has 1 amide bonds. The highest BCUT2D eigenvalue weighted by Gasteiger charge is 2.19. The molecule has 14 heteroatoms. The van der Waals surface area contributed by atoms with E-state index in [0.717, 1.165) is 5.69 Å². The Hall–Kier alpha value is -4.14. The highest BCUT2D eigenvalue weighted by atomic mass is 32.2. The average molecular weight is 551 g/mol. The van der Waals surface area contributed by atoms with Crippen LogP contribution in [0.1, 0.15) is 0 Å². The molecule has 0 aliphatic heterocycles. The number of hydrogen-bond donors (Lipinski definition) is 2. The van der Waals surface area contributed by atoms with Crippen LogP contribution >= 0.6 is 23.1 Å². The second-order valence-corrected chi connectivity index (χ2v) is 10.9. The van der Waals surface area contributed by atoms with Crippen molar-refractivity contribution in [3.8, 4) is 17.2 Å². The van der Waals surface area contributed by atoms with Crippen LogP contribution in [-0.4, -0.2) is 49.8 Å². The van der Waals surface area contributed by atoms with Gasteiger partial charge in [-0.25, -0.2) is 18.4 Å². The number of carbonyl (C=O) groups is 1. The van der Waals surface area contributed by atoms with Gasteiger partial charge in [0.1, 0.15) is 5.69 Å². The number of anilines is 2. The number of carbonyl (C=O) groups excluding carboxylic acids is 1. The first kappa shape index (κ1) is 24.5. The molecule has 0 aliphatic carbocycles. The summed E-state index contributed by atoms with van der Waals surface area (Å²) in [6.07, 6.45) is 6.26. The van der Waals surface area contributed by atoms with E-state index in [2.05, 4.69) is 35.2 Å². The maximum absolute atomic E-state index is 12.7. The Balaban J connectivity index is 1.27. The Morgan fingerprint density at radius 3 is 2.49 bits per heavy atom. The van der Waals surface area contributed by atoms with Crippen LogP contribution in [0.5, 0.6) is 0 Å². The van der Waals surface area contributed by atoms with Crippen molar-refractivity contribution < 1.29 is 13.2 Å². The molecule has 0 saturated carbocycles. The minimum Gasteiger partial charge on any atom is -0.325 e. The molecule has 2 aromatic carbocycles. The zero-order valence-electron chi connectivity index (χ0n) is 18.9. The normalized spacial score (nSPS) is 11.2. The van der Waals surface area contributed by atoms with E-state index >= 15 is 0 Å². The number of amides is 1. The average Bonchev–Trinajstić information content (AvgIpc) is 3.58. The van der Waals surface area contributed by atoms with Gasteiger partial charge in [0.25, 0.3) is 10.0 Å². The fraction of sp³-hybridized carbons (Fsp3) is 0.0435. The number of aromatic nitrogens is 6. The molecule has 2 N–H and O–H groups in total. The van der Waals surface area contributed by atoms with Crippen molar-refractivity contribution in [2.45, 2.75) is 10.1 Å². The summed E-state index contributed by atoms with van der Waals surface area (Å²) in [5.74, 6) is 0.271. The molecule has 0 fully saturated rings.